The summed E-state index contributed by atoms with van der Waals surface area (Å²) >= 11 is 1.69. The summed E-state index contributed by atoms with van der Waals surface area (Å²) in [5.41, 5.74) is 1.04. The van der Waals surface area contributed by atoms with E-state index in [-0.39, 0.29) is 36.0 Å². The number of aromatic amines is 2. The smallest absolute Gasteiger partial charge is 0.265 e. The minimum Gasteiger partial charge on any atom is -0.346 e. The molecule has 1 unspecified atom stereocenters. The molecule has 0 aliphatic heterocycles. The van der Waals surface area contributed by atoms with Crippen LogP contribution in [0.4, 0.5) is 0 Å². The maximum Gasteiger partial charge on any atom is 0.265 e. The number of aryl methyl sites for hydroxylation is 1. The topological polar surface area (TPSA) is 113 Å². The molecule has 3 aromatic rings. The maximum absolute atomic E-state index is 12.4. The largest absolute Gasteiger partial charge is 0.346 e. The van der Waals surface area contributed by atoms with Gasteiger partial charge in [0.2, 0.25) is 5.91 Å². The van der Waals surface area contributed by atoms with Crippen molar-refractivity contribution in [1.82, 2.24) is 25.1 Å². The van der Waals surface area contributed by atoms with Gasteiger partial charge in [0.05, 0.1) is 23.6 Å². The SMILES string of the molecule is CSCCC(NC(=O)CCn1[nH]c(=O)ccc1=O)c1nc2ccccc2[nH]1. The number of amides is 1. The van der Waals surface area contributed by atoms with E-state index in [0.717, 1.165) is 27.9 Å². The third-order valence-corrected chi connectivity index (χ3v) is 4.78. The predicted molar refractivity (Wildman–Crippen MR) is 106 cm³/mol. The highest BCUT2D eigenvalue weighted by molar-refractivity contribution is 7.98. The molecule has 0 bridgehead atoms. The summed E-state index contributed by atoms with van der Waals surface area (Å²) in [6, 6.07) is 9.81. The van der Waals surface area contributed by atoms with Crippen molar-refractivity contribution < 1.29 is 4.79 Å². The van der Waals surface area contributed by atoms with Crippen LogP contribution >= 0.6 is 11.8 Å². The first-order chi connectivity index (χ1) is 13.1. The van der Waals surface area contributed by atoms with Crippen molar-refractivity contribution in [2.45, 2.75) is 25.4 Å². The van der Waals surface area contributed by atoms with Crippen LogP contribution in [0.5, 0.6) is 0 Å². The average molecular weight is 387 g/mol. The van der Waals surface area contributed by atoms with Gasteiger partial charge in [-0.2, -0.15) is 11.8 Å². The summed E-state index contributed by atoms with van der Waals surface area (Å²) in [6.07, 6.45) is 2.82. The lowest BCUT2D eigenvalue weighted by atomic mass is 10.2. The van der Waals surface area contributed by atoms with Gasteiger partial charge in [-0.1, -0.05) is 12.1 Å². The summed E-state index contributed by atoms with van der Waals surface area (Å²) in [5, 5.41) is 5.39. The second-order valence-corrected chi connectivity index (χ2v) is 7.08. The van der Waals surface area contributed by atoms with Crippen LogP contribution in [0.1, 0.15) is 24.7 Å². The first-order valence-electron chi connectivity index (χ1n) is 8.60. The van der Waals surface area contributed by atoms with Crippen LogP contribution in [0.25, 0.3) is 11.0 Å². The van der Waals surface area contributed by atoms with Crippen molar-refractivity contribution in [3.63, 3.8) is 0 Å². The lowest BCUT2D eigenvalue weighted by Crippen LogP contribution is -2.33. The Labute approximate surface area is 159 Å². The van der Waals surface area contributed by atoms with E-state index in [4.69, 9.17) is 0 Å². The van der Waals surface area contributed by atoms with Crippen molar-refractivity contribution in [3.05, 3.63) is 62.9 Å². The Morgan fingerprint density at radius 3 is 2.85 bits per heavy atom. The molecule has 27 heavy (non-hydrogen) atoms. The molecule has 1 atom stereocenters. The van der Waals surface area contributed by atoms with Crippen LogP contribution in [0, 0.1) is 0 Å². The van der Waals surface area contributed by atoms with Crippen molar-refractivity contribution in [2.75, 3.05) is 12.0 Å². The fraction of sp³-hybridized carbons (Fsp3) is 0.333. The van der Waals surface area contributed by atoms with Gasteiger partial charge in [0, 0.05) is 18.6 Å². The molecule has 0 spiro atoms. The number of hydrogen-bond acceptors (Lipinski definition) is 5. The van der Waals surface area contributed by atoms with Gasteiger partial charge in [-0.25, -0.2) is 9.67 Å². The summed E-state index contributed by atoms with van der Waals surface area (Å²) in [5.74, 6) is 1.37. The Morgan fingerprint density at radius 2 is 2.07 bits per heavy atom. The highest BCUT2D eigenvalue weighted by atomic mass is 32.2. The molecule has 0 aliphatic carbocycles. The summed E-state index contributed by atoms with van der Waals surface area (Å²) < 4.78 is 1.14. The van der Waals surface area contributed by atoms with Gasteiger partial charge in [-0.3, -0.25) is 19.5 Å². The fourth-order valence-electron chi connectivity index (χ4n) is 2.76. The molecular weight excluding hydrogens is 366 g/mol. The molecule has 8 nitrogen and oxygen atoms in total. The highest BCUT2D eigenvalue weighted by Gasteiger charge is 2.18. The molecule has 1 amide bonds. The van der Waals surface area contributed by atoms with Gasteiger partial charge in [-0.05, 0) is 30.6 Å². The predicted octanol–water partition coefficient (Wildman–Crippen LogP) is 1.41. The monoisotopic (exact) mass is 387 g/mol. The van der Waals surface area contributed by atoms with E-state index >= 15 is 0 Å². The van der Waals surface area contributed by atoms with Gasteiger partial charge in [-0.15, -0.1) is 0 Å². The van der Waals surface area contributed by atoms with Gasteiger partial charge >= 0.3 is 0 Å². The van der Waals surface area contributed by atoms with E-state index in [1.807, 2.05) is 30.5 Å². The zero-order chi connectivity index (χ0) is 19.2. The third-order valence-electron chi connectivity index (χ3n) is 4.13. The van der Waals surface area contributed by atoms with E-state index in [1.54, 1.807) is 11.8 Å². The van der Waals surface area contributed by atoms with E-state index in [1.165, 1.54) is 12.1 Å². The minimum atomic E-state index is -0.380. The van der Waals surface area contributed by atoms with Crippen LogP contribution in [0.15, 0.2) is 46.0 Å². The number of thioether (sulfide) groups is 1. The second-order valence-electron chi connectivity index (χ2n) is 6.09. The molecule has 2 heterocycles. The number of rotatable bonds is 8. The molecule has 3 N–H and O–H groups in total. The van der Waals surface area contributed by atoms with E-state index in [0.29, 0.717) is 5.82 Å². The van der Waals surface area contributed by atoms with Crippen LogP contribution in [-0.4, -0.2) is 37.7 Å². The number of hydrogen-bond donors (Lipinski definition) is 3. The molecule has 9 heteroatoms. The summed E-state index contributed by atoms with van der Waals surface area (Å²) in [6.45, 7) is 0.107. The Morgan fingerprint density at radius 1 is 1.26 bits per heavy atom. The minimum absolute atomic E-state index is 0.0792. The third kappa shape index (κ3) is 4.88. The molecule has 0 radical (unpaired) electrons. The first-order valence-corrected chi connectivity index (χ1v) is 9.99. The van der Waals surface area contributed by atoms with Crippen molar-refractivity contribution in [2.24, 2.45) is 0 Å². The van der Waals surface area contributed by atoms with Crippen LogP contribution in [0.2, 0.25) is 0 Å². The molecular formula is C18H21N5O3S. The highest BCUT2D eigenvalue weighted by Crippen LogP contribution is 2.20. The Kier molecular flexibility index (Phi) is 6.12. The van der Waals surface area contributed by atoms with Crippen molar-refractivity contribution >= 4 is 28.7 Å². The standard InChI is InChI=1S/C18H21N5O3S/c1-27-11-9-14(18-20-12-4-2-3-5-13(12)21-18)19-15(24)8-10-23-17(26)7-6-16(25)22-23/h2-7,14H,8-11H2,1H3,(H,19,24)(H,20,21)(H,22,25). The molecule has 0 fully saturated rings. The molecule has 1 aromatic carbocycles. The first kappa shape index (κ1) is 19.0. The number of carbonyl (C=O) groups is 1. The number of fused-ring (bicyclic) bond motifs is 1. The fourth-order valence-corrected chi connectivity index (χ4v) is 3.23. The van der Waals surface area contributed by atoms with Gasteiger partial charge < -0.3 is 10.3 Å². The normalized spacial score (nSPS) is 12.2. The number of imidazole rings is 1. The molecule has 142 valence electrons. The van der Waals surface area contributed by atoms with E-state index in [9.17, 15) is 14.4 Å². The molecule has 0 saturated carbocycles. The number of aromatic nitrogens is 4. The Balaban J connectivity index is 1.69. The zero-order valence-electron chi connectivity index (χ0n) is 14.9. The average Bonchev–Trinajstić information content (AvgIpc) is 3.10. The molecule has 0 aliphatic rings. The number of nitrogens with zero attached hydrogens (tertiary/aromatic N) is 2. The number of benzene rings is 1. The molecule has 3 rings (SSSR count). The van der Waals surface area contributed by atoms with Crippen molar-refractivity contribution in [1.29, 1.82) is 0 Å². The summed E-state index contributed by atoms with van der Waals surface area (Å²) in [7, 11) is 0. The number of H-pyrrole nitrogens is 2. The Hall–Kier alpha value is -2.81. The number of carbonyl (C=O) groups excluding carboxylic acids is 1. The van der Waals surface area contributed by atoms with Crippen LogP contribution in [0.3, 0.4) is 0 Å². The lowest BCUT2D eigenvalue weighted by Gasteiger charge is -2.16. The second kappa shape index (κ2) is 8.72. The van der Waals surface area contributed by atoms with E-state index < -0.39 is 0 Å². The van der Waals surface area contributed by atoms with E-state index in [2.05, 4.69) is 20.4 Å². The quantitative estimate of drug-likeness (QED) is 0.541. The van der Waals surface area contributed by atoms with Crippen LogP contribution in [-0.2, 0) is 11.3 Å². The van der Waals surface area contributed by atoms with Crippen molar-refractivity contribution in [3.8, 4) is 0 Å². The number of para-hydroxylation sites is 2. The van der Waals surface area contributed by atoms with Gasteiger partial charge in [0.1, 0.15) is 5.82 Å². The lowest BCUT2D eigenvalue weighted by molar-refractivity contribution is -0.122. The van der Waals surface area contributed by atoms with Gasteiger partial charge in [0.15, 0.2) is 0 Å². The summed E-state index contributed by atoms with van der Waals surface area (Å²) in [4.78, 5) is 43.3. The van der Waals surface area contributed by atoms with Gasteiger partial charge in [0.25, 0.3) is 11.1 Å². The van der Waals surface area contributed by atoms with Crippen LogP contribution < -0.4 is 16.4 Å². The molecule has 2 aromatic heterocycles. The molecule has 0 saturated heterocycles. The number of nitrogens with one attached hydrogen (secondary N) is 3. The maximum atomic E-state index is 12.4. The Bertz CT molecular complexity index is 1010. The zero-order valence-corrected chi connectivity index (χ0v) is 15.7.